The summed E-state index contributed by atoms with van der Waals surface area (Å²) in [4.78, 5) is 24.3. The number of rotatable bonds is 0. The molecule has 0 saturated heterocycles. The van der Waals surface area contributed by atoms with E-state index < -0.39 is 0 Å². The molecular formula is C18H24O3. The number of ketones is 1. The summed E-state index contributed by atoms with van der Waals surface area (Å²) in [6.07, 6.45) is 5.49. The zero-order valence-corrected chi connectivity index (χ0v) is 13.2. The molecule has 0 bridgehead atoms. The molecule has 3 nitrogen and oxygen atoms in total. The Balaban J connectivity index is 1.86. The number of carbonyl (C=O) groups is 2. The van der Waals surface area contributed by atoms with E-state index >= 15 is 0 Å². The molecule has 0 aromatic rings. The van der Waals surface area contributed by atoms with Gasteiger partial charge >= 0.3 is 5.97 Å². The Bertz CT molecular complexity index is 571. The molecule has 0 aromatic carbocycles. The number of ether oxygens (including phenoxy) is 1. The Morgan fingerprint density at radius 2 is 1.90 bits per heavy atom. The molecule has 0 aromatic heterocycles. The lowest BCUT2D eigenvalue weighted by atomic mass is 9.45. The lowest BCUT2D eigenvalue weighted by Gasteiger charge is -2.59. The predicted octanol–water partition coefficient (Wildman–Crippen LogP) is 3.42. The fourth-order valence-corrected chi connectivity index (χ4v) is 5.94. The SMILES string of the molecule is CC1(C)CCC[C@@]2(C)[C@@H]3CC(=O)CC4=C3[C@@H](C[C@@H]12)OC4=O. The minimum Gasteiger partial charge on any atom is -0.454 e. The number of carbonyl (C=O) groups excluding carboxylic acids is 2. The fraction of sp³-hybridized carbons (Fsp3) is 0.778. The van der Waals surface area contributed by atoms with Crippen LogP contribution in [0.3, 0.4) is 0 Å². The summed E-state index contributed by atoms with van der Waals surface area (Å²) in [6, 6.07) is 0. The maximum Gasteiger partial charge on any atom is 0.335 e. The standard InChI is InChI=1S/C18H24O3/c1-17(2)5-4-6-18(3)12-8-10(19)7-11-15(12)13(9-14(17)18)21-16(11)20/h12-14H,4-9H2,1-3H3/t12-,13-,14+,18+/m1/s1. The minimum atomic E-state index is -0.215. The Hall–Kier alpha value is -1.12. The van der Waals surface area contributed by atoms with E-state index in [9.17, 15) is 9.59 Å². The van der Waals surface area contributed by atoms with Gasteiger partial charge in [0.2, 0.25) is 0 Å². The molecule has 2 fully saturated rings. The lowest BCUT2D eigenvalue weighted by Crippen LogP contribution is -2.53. The van der Waals surface area contributed by atoms with E-state index in [4.69, 9.17) is 4.74 Å². The van der Waals surface area contributed by atoms with Crippen molar-refractivity contribution in [3.8, 4) is 0 Å². The number of Topliss-reactive ketones (excluding diaryl/α,β-unsaturated/α-hetero) is 1. The van der Waals surface area contributed by atoms with Gasteiger partial charge in [-0.05, 0) is 47.5 Å². The van der Waals surface area contributed by atoms with Crippen LogP contribution >= 0.6 is 0 Å². The molecular weight excluding hydrogens is 264 g/mol. The number of hydrogen-bond donors (Lipinski definition) is 0. The number of fused-ring (bicyclic) bond motifs is 2. The summed E-state index contributed by atoms with van der Waals surface area (Å²) in [7, 11) is 0. The van der Waals surface area contributed by atoms with E-state index in [1.807, 2.05) is 0 Å². The highest BCUT2D eigenvalue weighted by atomic mass is 16.5. The van der Waals surface area contributed by atoms with Crippen LogP contribution in [0.4, 0.5) is 0 Å². The molecule has 3 aliphatic carbocycles. The van der Waals surface area contributed by atoms with Crippen LogP contribution in [0.2, 0.25) is 0 Å². The van der Waals surface area contributed by atoms with E-state index in [0.717, 1.165) is 6.42 Å². The molecule has 0 spiro atoms. The maximum absolute atomic E-state index is 12.2. The van der Waals surface area contributed by atoms with E-state index in [1.54, 1.807) is 0 Å². The average Bonchev–Trinajstić information content (AvgIpc) is 2.69. The molecule has 21 heavy (non-hydrogen) atoms. The van der Waals surface area contributed by atoms with Crippen molar-refractivity contribution in [2.45, 2.75) is 65.4 Å². The normalized spacial score (nSPS) is 44.2. The summed E-state index contributed by atoms with van der Waals surface area (Å²) in [5, 5.41) is 0. The molecule has 1 heterocycles. The monoisotopic (exact) mass is 288 g/mol. The highest BCUT2D eigenvalue weighted by Crippen LogP contribution is 2.64. The predicted molar refractivity (Wildman–Crippen MR) is 78.5 cm³/mol. The highest BCUT2D eigenvalue weighted by Gasteiger charge is 2.60. The third-order valence-corrected chi connectivity index (χ3v) is 6.89. The summed E-state index contributed by atoms with van der Waals surface area (Å²) in [6.45, 7) is 7.07. The van der Waals surface area contributed by atoms with Crippen molar-refractivity contribution in [1.29, 1.82) is 0 Å². The van der Waals surface area contributed by atoms with Crippen LogP contribution < -0.4 is 0 Å². The van der Waals surface area contributed by atoms with Gasteiger partial charge in [0.05, 0.1) is 0 Å². The molecule has 0 amide bonds. The first-order valence-electron chi connectivity index (χ1n) is 8.28. The van der Waals surface area contributed by atoms with Crippen molar-refractivity contribution >= 4 is 11.8 Å². The molecule has 114 valence electrons. The largest absolute Gasteiger partial charge is 0.454 e. The maximum atomic E-state index is 12.2. The van der Waals surface area contributed by atoms with Crippen molar-refractivity contribution in [1.82, 2.24) is 0 Å². The van der Waals surface area contributed by atoms with Crippen LogP contribution in [0, 0.1) is 22.7 Å². The van der Waals surface area contributed by atoms with Gasteiger partial charge in [0.1, 0.15) is 11.9 Å². The van der Waals surface area contributed by atoms with Gasteiger partial charge in [-0.15, -0.1) is 0 Å². The Labute approximate surface area is 126 Å². The second-order valence-electron chi connectivity index (χ2n) is 8.44. The highest BCUT2D eigenvalue weighted by molar-refractivity contribution is 6.00. The molecule has 4 aliphatic rings. The first-order chi connectivity index (χ1) is 9.83. The molecule has 0 radical (unpaired) electrons. The number of esters is 1. The third-order valence-electron chi connectivity index (χ3n) is 6.89. The zero-order valence-electron chi connectivity index (χ0n) is 13.2. The fourth-order valence-electron chi connectivity index (χ4n) is 5.94. The Morgan fingerprint density at radius 3 is 2.67 bits per heavy atom. The molecule has 1 aliphatic heterocycles. The Kier molecular flexibility index (Phi) is 2.57. The number of hydrogen-bond acceptors (Lipinski definition) is 3. The summed E-state index contributed by atoms with van der Waals surface area (Å²) in [5.41, 5.74) is 2.34. The van der Waals surface area contributed by atoms with Crippen molar-refractivity contribution in [2.75, 3.05) is 0 Å². The molecule has 4 rings (SSSR count). The van der Waals surface area contributed by atoms with E-state index in [1.165, 1.54) is 24.8 Å². The van der Waals surface area contributed by atoms with Crippen molar-refractivity contribution < 1.29 is 14.3 Å². The van der Waals surface area contributed by atoms with Gasteiger partial charge < -0.3 is 4.74 Å². The molecule has 3 heteroatoms. The van der Waals surface area contributed by atoms with Crippen molar-refractivity contribution in [2.24, 2.45) is 22.7 Å². The van der Waals surface area contributed by atoms with Gasteiger partial charge in [0.15, 0.2) is 0 Å². The molecule has 4 atom stereocenters. The van der Waals surface area contributed by atoms with Crippen LogP contribution in [0.5, 0.6) is 0 Å². The minimum absolute atomic E-state index is 0.0407. The van der Waals surface area contributed by atoms with Crippen LogP contribution in [0.15, 0.2) is 11.1 Å². The summed E-state index contributed by atoms with van der Waals surface area (Å²) in [5.74, 6) is 0.786. The molecule has 0 unspecified atom stereocenters. The zero-order chi connectivity index (χ0) is 15.0. The van der Waals surface area contributed by atoms with Gasteiger partial charge in [-0.1, -0.05) is 27.2 Å². The van der Waals surface area contributed by atoms with Crippen molar-refractivity contribution in [3.63, 3.8) is 0 Å². The van der Waals surface area contributed by atoms with Gasteiger partial charge in [-0.2, -0.15) is 0 Å². The molecule has 2 saturated carbocycles. The van der Waals surface area contributed by atoms with Crippen LogP contribution in [0.1, 0.15) is 59.3 Å². The Morgan fingerprint density at radius 1 is 1.14 bits per heavy atom. The summed E-state index contributed by atoms with van der Waals surface area (Å²) >= 11 is 0. The van der Waals surface area contributed by atoms with Crippen LogP contribution in [-0.2, 0) is 14.3 Å². The second kappa shape index (κ2) is 3.99. The van der Waals surface area contributed by atoms with Gasteiger partial charge in [0.25, 0.3) is 0 Å². The van der Waals surface area contributed by atoms with Gasteiger partial charge in [-0.25, -0.2) is 4.79 Å². The van der Waals surface area contributed by atoms with Gasteiger partial charge in [0, 0.05) is 18.4 Å². The summed E-state index contributed by atoms with van der Waals surface area (Å²) < 4.78 is 5.65. The van der Waals surface area contributed by atoms with E-state index in [-0.39, 0.29) is 34.6 Å². The quantitative estimate of drug-likeness (QED) is 0.641. The lowest BCUT2D eigenvalue weighted by molar-refractivity contribution is -0.145. The third kappa shape index (κ3) is 1.66. The first-order valence-corrected chi connectivity index (χ1v) is 8.28. The van der Waals surface area contributed by atoms with Crippen LogP contribution in [-0.4, -0.2) is 17.9 Å². The van der Waals surface area contributed by atoms with E-state index in [0.29, 0.717) is 24.3 Å². The topological polar surface area (TPSA) is 43.4 Å². The first kappa shape index (κ1) is 13.5. The average molecular weight is 288 g/mol. The van der Waals surface area contributed by atoms with Crippen molar-refractivity contribution in [3.05, 3.63) is 11.1 Å². The van der Waals surface area contributed by atoms with Gasteiger partial charge in [-0.3, -0.25) is 4.79 Å². The van der Waals surface area contributed by atoms with E-state index in [2.05, 4.69) is 20.8 Å². The smallest absolute Gasteiger partial charge is 0.335 e. The van der Waals surface area contributed by atoms with Crippen LogP contribution in [0.25, 0.3) is 0 Å². The molecule has 0 N–H and O–H groups in total. The second-order valence-corrected chi connectivity index (χ2v) is 8.44.